The van der Waals surface area contributed by atoms with Crippen molar-refractivity contribution in [1.82, 2.24) is 4.98 Å². The molecule has 0 aliphatic rings. The van der Waals surface area contributed by atoms with E-state index in [4.69, 9.17) is 0 Å². The Morgan fingerprint density at radius 2 is 2.14 bits per heavy atom. The van der Waals surface area contributed by atoms with Gasteiger partial charge in [-0.25, -0.2) is 4.98 Å². The largest absolute Gasteiger partial charge is 0.244 e. The molecule has 0 saturated carbocycles. The summed E-state index contributed by atoms with van der Waals surface area (Å²) in [4.78, 5) is 15.9. The van der Waals surface area contributed by atoms with E-state index in [1.807, 2.05) is 19.1 Å². The van der Waals surface area contributed by atoms with Crippen LogP contribution in [-0.4, -0.2) is 4.98 Å². The molecule has 1 aromatic heterocycles. The summed E-state index contributed by atoms with van der Waals surface area (Å²) >= 11 is 1.56. The molecule has 0 atom stereocenters. The lowest BCUT2D eigenvalue weighted by Gasteiger charge is -1.97. The fourth-order valence-corrected chi connectivity index (χ4v) is 2.01. The molecule has 0 aliphatic heterocycles. The fraction of sp³-hybridized carbons (Fsp3) is 0.100. The Labute approximate surface area is 85.4 Å². The fourth-order valence-electron chi connectivity index (χ4n) is 1.21. The summed E-state index contributed by atoms with van der Waals surface area (Å²) in [5, 5.41) is 3.82. The zero-order chi connectivity index (χ0) is 9.97. The van der Waals surface area contributed by atoms with Gasteiger partial charge in [0.2, 0.25) is 0 Å². The van der Waals surface area contributed by atoms with Gasteiger partial charge in [-0.15, -0.1) is 16.2 Å². The first kappa shape index (κ1) is 9.02. The van der Waals surface area contributed by atoms with Crippen LogP contribution in [-0.2, 0) is 0 Å². The molecule has 0 bridgehead atoms. The van der Waals surface area contributed by atoms with E-state index in [1.54, 1.807) is 29.7 Å². The number of hydrogen-bond donors (Lipinski definition) is 0. The van der Waals surface area contributed by atoms with E-state index >= 15 is 0 Å². The number of aryl methyl sites for hydroxylation is 1. The van der Waals surface area contributed by atoms with Gasteiger partial charge in [0.25, 0.3) is 0 Å². The van der Waals surface area contributed by atoms with Crippen molar-refractivity contribution in [2.24, 2.45) is 5.18 Å². The Balaban J connectivity index is 2.55. The van der Waals surface area contributed by atoms with E-state index in [-0.39, 0.29) is 0 Å². The minimum atomic E-state index is 0.446. The molecule has 0 N–H and O–H groups in total. The molecule has 2 aromatic rings. The number of thiazole rings is 1. The van der Waals surface area contributed by atoms with E-state index in [0.717, 1.165) is 15.4 Å². The monoisotopic (exact) mass is 204 g/mol. The Bertz CT molecular complexity index is 465. The first-order valence-electron chi connectivity index (χ1n) is 4.16. The van der Waals surface area contributed by atoms with Gasteiger partial charge in [0, 0.05) is 16.6 Å². The lowest BCUT2D eigenvalue weighted by atomic mass is 10.2. The second-order valence-electron chi connectivity index (χ2n) is 2.88. The highest BCUT2D eigenvalue weighted by Crippen LogP contribution is 2.32. The van der Waals surface area contributed by atoms with Crippen molar-refractivity contribution in [3.8, 4) is 10.6 Å². The highest BCUT2D eigenvalue weighted by atomic mass is 32.1. The predicted molar refractivity (Wildman–Crippen MR) is 57.7 cm³/mol. The first-order chi connectivity index (χ1) is 6.81. The van der Waals surface area contributed by atoms with E-state index < -0.39 is 0 Å². The topological polar surface area (TPSA) is 42.3 Å². The molecular formula is C10H8N2OS. The summed E-state index contributed by atoms with van der Waals surface area (Å²) < 4.78 is 0. The number of nitrogens with zero attached hydrogens (tertiary/aromatic N) is 2. The van der Waals surface area contributed by atoms with Gasteiger partial charge in [-0.05, 0) is 24.2 Å². The summed E-state index contributed by atoms with van der Waals surface area (Å²) in [7, 11) is 0. The summed E-state index contributed by atoms with van der Waals surface area (Å²) in [5.41, 5.74) is 1.25. The molecule has 1 aromatic carbocycles. The molecule has 14 heavy (non-hydrogen) atoms. The molecule has 0 aliphatic carbocycles. The predicted octanol–water partition coefficient (Wildman–Crippen LogP) is 3.52. The summed E-state index contributed by atoms with van der Waals surface area (Å²) in [6.07, 6.45) is 1.79. The molecule has 2 rings (SSSR count). The van der Waals surface area contributed by atoms with Crippen molar-refractivity contribution >= 4 is 17.0 Å². The van der Waals surface area contributed by atoms with Gasteiger partial charge in [0.05, 0.1) is 0 Å². The average molecular weight is 204 g/mol. The van der Waals surface area contributed by atoms with Crippen LogP contribution in [0, 0.1) is 11.8 Å². The lowest BCUT2D eigenvalue weighted by Crippen LogP contribution is -1.75. The third kappa shape index (κ3) is 1.56. The number of aromatic nitrogens is 1. The number of hydrogen-bond acceptors (Lipinski definition) is 4. The van der Waals surface area contributed by atoms with Crippen LogP contribution in [0.4, 0.5) is 5.69 Å². The first-order valence-corrected chi connectivity index (χ1v) is 4.98. The molecule has 70 valence electrons. The van der Waals surface area contributed by atoms with Crippen LogP contribution in [0.1, 0.15) is 4.88 Å². The molecule has 4 heteroatoms. The minimum Gasteiger partial charge on any atom is -0.244 e. The third-order valence-corrected chi connectivity index (χ3v) is 2.80. The SMILES string of the molecule is Cc1cnc(-c2ccccc2N=O)s1. The van der Waals surface area contributed by atoms with Crippen molar-refractivity contribution in [3.63, 3.8) is 0 Å². The quantitative estimate of drug-likeness (QED) is 0.702. The molecular weight excluding hydrogens is 196 g/mol. The normalized spacial score (nSPS) is 10.1. The van der Waals surface area contributed by atoms with E-state index in [1.165, 1.54) is 0 Å². The van der Waals surface area contributed by atoms with Gasteiger partial charge >= 0.3 is 0 Å². The Morgan fingerprint density at radius 1 is 1.36 bits per heavy atom. The third-order valence-electron chi connectivity index (χ3n) is 1.85. The van der Waals surface area contributed by atoms with Crippen LogP contribution in [0.5, 0.6) is 0 Å². The van der Waals surface area contributed by atoms with Gasteiger partial charge < -0.3 is 0 Å². The van der Waals surface area contributed by atoms with Crippen molar-refractivity contribution in [3.05, 3.63) is 40.2 Å². The van der Waals surface area contributed by atoms with Crippen LogP contribution in [0.15, 0.2) is 35.6 Å². The Hall–Kier alpha value is -1.55. The van der Waals surface area contributed by atoms with Gasteiger partial charge in [-0.3, -0.25) is 0 Å². The molecule has 0 radical (unpaired) electrons. The maximum atomic E-state index is 10.5. The van der Waals surface area contributed by atoms with Crippen molar-refractivity contribution in [1.29, 1.82) is 0 Å². The number of rotatable bonds is 2. The maximum absolute atomic E-state index is 10.5. The average Bonchev–Trinajstić information content (AvgIpc) is 2.65. The minimum absolute atomic E-state index is 0.446. The van der Waals surface area contributed by atoms with Gasteiger partial charge in [-0.2, -0.15) is 0 Å². The lowest BCUT2D eigenvalue weighted by molar-refractivity contribution is 1.37. The zero-order valence-electron chi connectivity index (χ0n) is 7.60. The van der Waals surface area contributed by atoms with Crippen molar-refractivity contribution in [2.45, 2.75) is 6.92 Å². The summed E-state index contributed by atoms with van der Waals surface area (Å²) in [6, 6.07) is 7.22. The second kappa shape index (κ2) is 3.67. The smallest absolute Gasteiger partial charge is 0.125 e. The summed E-state index contributed by atoms with van der Waals surface area (Å²) in [6.45, 7) is 1.98. The zero-order valence-corrected chi connectivity index (χ0v) is 8.41. The standard InChI is InChI=1S/C10H8N2OS/c1-7-6-11-10(14-7)8-4-2-3-5-9(8)12-13/h2-6H,1H3. The van der Waals surface area contributed by atoms with E-state index in [0.29, 0.717) is 5.69 Å². The van der Waals surface area contributed by atoms with Crippen LogP contribution < -0.4 is 0 Å². The highest BCUT2D eigenvalue weighted by molar-refractivity contribution is 7.15. The van der Waals surface area contributed by atoms with E-state index in [2.05, 4.69) is 10.2 Å². The van der Waals surface area contributed by atoms with Crippen LogP contribution in [0.25, 0.3) is 10.6 Å². The number of benzene rings is 1. The molecule has 0 spiro atoms. The molecule has 0 fully saturated rings. The van der Waals surface area contributed by atoms with Gasteiger partial charge in [0.15, 0.2) is 0 Å². The Morgan fingerprint density at radius 3 is 2.79 bits per heavy atom. The maximum Gasteiger partial charge on any atom is 0.125 e. The van der Waals surface area contributed by atoms with Crippen molar-refractivity contribution < 1.29 is 0 Å². The van der Waals surface area contributed by atoms with Crippen molar-refractivity contribution in [2.75, 3.05) is 0 Å². The molecule has 0 amide bonds. The molecule has 0 saturated heterocycles. The molecule has 0 unspecified atom stereocenters. The van der Waals surface area contributed by atoms with Gasteiger partial charge in [0.1, 0.15) is 10.7 Å². The molecule has 1 heterocycles. The van der Waals surface area contributed by atoms with E-state index in [9.17, 15) is 4.91 Å². The highest BCUT2D eigenvalue weighted by Gasteiger charge is 2.07. The Kier molecular flexibility index (Phi) is 2.37. The van der Waals surface area contributed by atoms with Gasteiger partial charge in [-0.1, -0.05) is 12.1 Å². The summed E-state index contributed by atoms with van der Waals surface area (Å²) in [5.74, 6) is 0. The second-order valence-corrected chi connectivity index (χ2v) is 4.12. The van der Waals surface area contributed by atoms with Crippen LogP contribution >= 0.6 is 11.3 Å². The number of nitroso groups, excluding NO2 is 1. The van der Waals surface area contributed by atoms with Crippen LogP contribution in [0.3, 0.4) is 0 Å². The van der Waals surface area contributed by atoms with Crippen LogP contribution in [0.2, 0.25) is 0 Å². The molecule has 3 nitrogen and oxygen atoms in total.